The van der Waals surface area contributed by atoms with Gasteiger partial charge in [0, 0.05) is 24.3 Å². The number of benzene rings is 2. The lowest BCUT2D eigenvalue weighted by Crippen LogP contribution is -2.31. The van der Waals surface area contributed by atoms with E-state index in [9.17, 15) is 9.18 Å². The summed E-state index contributed by atoms with van der Waals surface area (Å²) in [5.74, 6) is -0.0133. The Labute approximate surface area is 151 Å². The molecule has 0 saturated heterocycles. The van der Waals surface area contributed by atoms with Crippen LogP contribution in [0.5, 0.6) is 0 Å². The number of amides is 1. The van der Waals surface area contributed by atoms with Crippen LogP contribution in [0.2, 0.25) is 0 Å². The highest BCUT2D eigenvalue weighted by atomic mass is 19.1. The van der Waals surface area contributed by atoms with Crippen LogP contribution in [-0.4, -0.2) is 22.4 Å². The number of carbonyl (C=O) groups is 1. The third-order valence-corrected chi connectivity index (χ3v) is 3.92. The van der Waals surface area contributed by atoms with Crippen molar-refractivity contribution in [2.45, 2.75) is 13.5 Å². The quantitative estimate of drug-likeness (QED) is 0.733. The second-order valence-electron chi connectivity index (χ2n) is 5.62. The first-order valence-electron chi connectivity index (χ1n) is 8.35. The van der Waals surface area contributed by atoms with Gasteiger partial charge in [-0.05, 0) is 25.1 Å². The molecular formula is C20H19FN4O. The molecule has 0 saturated carbocycles. The van der Waals surface area contributed by atoms with E-state index in [-0.39, 0.29) is 17.4 Å². The van der Waals surface area contributed by atoms with Gasteiger partial charge in [-0.1, -0.05) is 36.4 Å². The second-order valence-corrected chi connectivity index (χ2v) is 5.62. The van der Waals surface area contributed by atoms with Crippen LogP contribution in [0.25, 0.3) is 0 Å². The summed E-state index contributed by atoms with van der Waals surface area (Å²) in [6.45, 7) is 2.72. The molecule has 0 radical (unpaired) electrons. The molecule has 6 heteroatoms. The molecule has 0 bridgehead atoms. The minimum Gasteiger partial charge on any atom is -0.365 e. The van der Waals surface area contributed by atoms with Crippen LogP contribution in [-0.2, 0) is 6.54 Å². The molecule has 0 aliphatic carbocycles. The number of para-hydroxylation sites is 1. The fraction of sp³-hybridized carbons (Fsp3) is 0.150. The minimum atomic E-state index is -0.277. The van der Waals surface area contributed by atoms with Crippen molar-refractivity contribution in [3.63, 3.8) is 0 Å². The molecule has 0 atom stereocenters. The van der Waals surface area contributed by atoms with Crippen LogP contribution in [0.1, 0.15) is 23.0 Å². The van der Waals surface area contributed by atoms with Crippen LogP contribution < -0.4 is 10.2 Å². The van der Waals surface area contributed by atoms with Crippen molar-refractivity contribution in [3.05, 3.63) is 84.1 Å². The Bertz CT molecular complexity index is 868. The molecule has 0 aliphatic rings. The topological polar surface area (TPSA) is 58.1 Å². The van der Waals surface area contributed by atoms with E-state index in [1.807, 2.05) is 37.3 Å². The third-order valence-electron chi connectivity index (χ3n) is 3.92. The lowest BCUT2D eigenvalue weighted by molar-refractivity contribution is 0.0983. The summed E-state index contributed by atoms with van der Waals surface area (Å²) in [4.78, 5) is 22.7. The van der Waals surface area contributed by atoms with Crippen LogP contribution in [0.3, 0.4) is 0 Å². The predicted octanol–water partition coefficient (Wildman–Crippen LogP) is 3.89. The molecule has 5 nitrogen and oxygen atoms in total. The number of rotatable bonds is 6. The number of halogens is 1. The Morgan fingerprint density at radius 1 is 1.04 bits per heavy atom. The van der Waals surface area contributed by atoms with E-state index in [4.69, 9.17) is 0 Å². The van der Waals surface area contributed by atoms with Crippen LogP contribution in [0, 0.1) is 5.82 Å². The average Bonchev–Trinajstić information content (AvgIpc) is 2.69. The van der Waals surface area contributed by atoms with E-state index in [0.29, 0.717) is 24.5 Å². The van der Waals surface area contributed by atoms with Gasteiger partial charge in [0.2, 0.25) is 0 Å². The average molecular weight is 350 g/mol. The molecule has 26 heavy (non-hydrogen) atoms. The number of nitrogens with zero attached hydrogens (tertiary/aromatic N) is 3. The van der Waals surface area contributed by atoms with Crippen molar-refractivity contribution < 1.29 is 9.18 Å². The van der Waals surface area contributed by atoms with Gasteiger partial charge in [0.25, 0.3) is 5.91 Å². The number of anilines is 2. The Morgan fingerprint density at radius 3 is 2.42 bits per heavy atom. The Hall–Kier alpha value is -3.28. The largest absolute Gasteiger partial charge is 0.365 e. The molecule has 0 fully saturated rings. The maximum Gasteiger partial charge on any atom is 0.278 e. The van der Waals surface area contributed by atoms with Crippen molar-refractivity contribution >= 4 is 17.4 Å². The summed E-state index contributed by atoms with van der Waals surface area (Å²) in [6.07, 6.45) is 2.91. The lowest BCUT2D eigenvalue weighted by atomic mass is 10.2. The zero-order valence-corrected chi connectivity index (χ0v) is 14.4. The van der Waals surface area contributed by atoms with Gasteiger partial charge < -0.3 is 10.2 Å². The number of hydrogen-bond acceptors (Lipinski definition) is 4. The summed E-state index contributed by atoms with van der Waals surface area (Å²) >= 11 is 0. The van der Waals surface area contributed by atoms with Gasteiger partial charge in [0.1, 0.15) is 17.3 Å². The number of nitrogens with one attached hydrogen (secondary N) is 1. The Kier molecular flexibility index (Phi) is 5.53. The second kappa shape index (κ2) is 8.20. The van der Waals surface area contributed by atoms with E-state index in [1.54, 1.807) is 23.1 Å². The lowest BCUT2D eigenvalue weighted by Gasteiger charge is -2.20. The summed E-state index contributed by atoms with van der Waals surface area (Å²) < 4.78 is 13.6. The first kappa shape index (κ1) is 17.5. The van der Waals surface area contributed by atoms with Gasteiger partial charge in [-0.3, -0.25) is 4.79 Å². The first-order chi connectivity index (χ1) is 12.7. The summed E-state index contributed by atoms with van der Waals surface area (Å²) in [5.41, 5.74) is 1.60. The predicted molar refractivity (Wildman–Crippen MR) is 99.6 cm³/mol. The molecule has 1 amide bonds. The van der Waals surface area contributed by atoms with E-state index in [2.05, 4.69) is 15.3 Å². The maximum atomic E-state index is 13.6. The maximum absolute atomic E-state index is 13.6. The highest BCUT2D eigenvalue weighted by molar-refractivity contribution is 6.04. The molecule has 0 aliphatic heterocycles. The Morgan fingerprint density at radius 2 is 1.77 bits per heavy atom. The standard InChI is InChI=1S/C20H19FN4O/c1-2-25(16-9-4-3-5-10-16)20(26)18-13-24-19(14-22-18)23-12-15-8-6-7-11-17(15)21/h3-11,13-14H,2,12H2,1H3,(H,23,24). The van der Waals surface area contributed by atoms with Gasteiger partial charge >= 0.3 is 0 Å². The van der Waals surface area contributed by atoms with Crippen molar-refractivity contribution in [1.29, 1.82) is 0 Å². The third kappa shape index (κ3) is 4.03. The molecule has 3 rings (SSSR count). The monoisotopic (exact) mass is 350 g/mol. The fourth-order valence-corrected chi connectivity index (χ4v) is 2.55. The molecule has 1 heterocycles. The molecule has 0 spiro atoms. The summed E-state index contributed by atoms with van der Waals surface area (Å²) in [5, 5.41) is 3.00. The molecular weight excluding hydrogens is 331 g/mol. The van der Waals surface area contributed by atoms with E-state index in [0.717, 1.165) is 5.69 Å². The summed E-state index contributed by atoms with van der Waals surface area (Å²) in [7, 11) is 0. The normalized spacial score (nSPS) is 10.4. The minimum absolute atomic E-state index is 0.216. The molecule has 2 aromatic carbocycles. The van der Waals surface area contributed by atoms with Crippen molar-refractivity contribution in [3.8, 4) is 0 Å². The van der Waals surface area contributed by atoms with Gasteiger partial charge in [-0.2, -0.15) is 0 Å². The molecule has 1 N–H and O–H groups in total. The van der Waals surface area contributed by atoms with E-state index in [1.165, 1.54) is 18.5 Å². The van der Waals surface area contributed by atoms with E-state index >= 15 is 0 Å². The smallest absolute Gasteiger partial charge is 0.278 e. The van der Waals surface area contributed by atoms with Gasteiger partial charge in [0.05, 0.1) is 12.4 Å². The van der Waals surface area contributed by atoms with Crippen molar-refractivity contribution in [2.75, 3.05) is 16.8 Å². The zero-order chi connectivity index (χ0) is 18.4. The molecule has 1 aromatic heterocycles. The molecule has 3 aromatic rings. The van der Waals surface area contributed by atoms with Gasteiger partial charge in [0.15, 0.2) is 0 Å². The number of aromatic nitrogens is 2. The SMILES string of the molecule is CCN(C(=O)c1cnc(NCc2ccccc2F)cn1)c1ccccc1. The first-order valence-corrected chi connectivity index (χ1v) is 8.35. The molecule has 132 valence electrons. The Balaban J connectivity index is 1.68. The van der Waals surface area contributed by atoms with Gasteiger partial charge in [-0.15, -0.1) is 0 Å². The highest BCUT2D eigenvalue weighted by Crippen LogP contribution is 2.16. The number of hydrogen-bond donors (Lipinski definition) is 1. The van der Waals surface area contributed by atoms with Crippen molar-refractivity contribution in [2.24, 2.45) is 0 Å². The van der Waals surface area contributed by atoms with E-state index < -0.39 is 0 Å². The highest BCUT2D eigenvalue weighted by Gasteiger charge is 2.17. The van der Waals surface area contributed by atoms with Gasteiger partial charge in [-0.25, -0.2) is 14.4 Å². The number of carbonyl (C=O) groups excluding carboxylic acids is 1. The molecule has 0 unspecified atom stereocenters. The summed E-state index contributed by atoms with van der Waals surface area (Å²) in [6, 6.07) is 15.9. The van der Waals surface area contributed by atoms with Crippen molar-refractivity contribution in [1.82, 2.24) is 9.97 Å². The van der Waals surface area contributed by atoms with Crippen LogP contribution in [0.15, 0.2) is 67.0 Å². The zero-order valence-electron chi connectivity index (χ0n) is 14.4. The fourth-order valence-electron chi connectivity index (χ4n) is 2.55. The van der Waals surface area contributed by atoms with Crippen LogP contribution in [0.4, 0.5) is 15.9 Å². The van der Waals surface area contributed by atoms with Crippen LogP contribution >= 0.6 is 0 Å².